The van der Waals surface area contributed by atoms with E-state index in [9.17, 15) is 9.59 Å². The minimum Gasteiger partial charge on any atom is -0.466 e. The molecule has 0 spiro atoms. The largest absolute Gasteiger partial charge is 0.466 e. The summed E-state index contributed by atoms with van der Waals surface area (Å²) in [7, 11) is 0. The Morgan fingerprint density at radius 3 is 2.81 bits per heavy atom. The third-order valence-corrected chi connectivity index (χ3v) is 4.48. The number of halogens is 1. The number of esters is 1. The van der Waals surface area contributed by atoms with E-state index in [1.54, 1.807) is 36.1 Å². The molecular formula is C17H20ClN5O3. The summed E-state index contributed by atoms with van der Waals surface area (Å²) in [5.41, 5.74) is 0.772. The molecule has 0 bridgehead atoms. The van der Waals surface area contributed by atoms with Gasteiger partial charge in [0.2, 0.25) is 11.7 Å². The van der Waals surface area contributed by atoms with E-state index < -0.39 is 0 Å². The van der Waals surface area contributed by atoms with Crippen molar-refractivity contribution in [3.63, 3.8) is 0 Å². The molecule has 138 valence electrons. The first-order valence-corrected chi connectivity index (χ1v) is 8.92. The van der Waals surface area contributed by atoms with Gasteiger partial charge in [0.05, 0.1) is 12.5 Å². The van der Waals surface area contributed by atoms with Crippen LogP contribution in [0.5, 0.6) is 0 Å². The zero-order chi connectivity index (χ0) is 18.5. The van der Waals surface area contributed by atoms with E-state index in [2.05, 4.69) is 15.4 Å². The van der Waals surface area contributed by atoms with Crippen molar-refractivity contribution in [2.75, 3.05) is 19.7 Å². The molecule has 3 rings (SSSR count). The van der Waals surface area contributed by atoms with Crippen molar-refractivity contribution in [1.82, 2.24) is 25.1 Å². The molecule has 2 heterocycles. The third-order valence-electron chi connectivity index (χ3n) is 4.23. The fraction of sp³-hybridized carbons (Fsp3) is 0.471. The van der Waals surface area contributed by atoms with Gasteiger partial charge in [-0.2, -0.15) is 4.80 Å². The third kappa shape index (κ3) is 4.37. The van der Waals surface area contributed by atoms with Crippen molar-refractivity contribution in [1.29, 1.82) is 0 Å². The summed E-state index contributed by atoms with van der Waals surface area (Å²) in [6, 6.07) is 7.07. The van der Waals surface area contributed by atoms with E-state index in [-0.39, 0.29) is 24.3 Å². The van der Waals surface area contributed by atoms with Gasteiger partial charge in [-0.3, -0.25) is 9.59 Å². The van der Waals surface area contributed by atoms with E-state index >= 15 is 0 Å². The molecule has 0 unspecified atom stereocenters. The van der Waals surface area contributed by atoms with E-state index in [0.717, 1.165) is 18.4 Å². The summed E-state index contributed by atoms with van der Waals surface area (Å²) in [4.78, 5) is 27.3. The molecule has 0 N–H and O–H groups in total. The minimum atomic E-state index is -0.263. The van der Waals surface area contributed by atoms with Crippen molar-refractivity contribution < 1.29 is 14.3 Å². The van der Waals surface area contributed by atoms with Crippen molar-refractivity contribution >= 4 is 23.5 Å². The minimum absolute atomic E-state index is 0.0177. The number of amides is 1. The smallest absolute Gasteiger partial charge is 0.310 e. The fourth-order valence-corrected chi connectivity index (χ4v) is 3.03. The van der Waals surface area contributed by atoms with Gasteiger partial charge in [-0.25, -0.2) is 0 Å². The van der Waals surface area contributed by atoms with Gasteiger partial charge in [0.1, 0.15) is 6.54 Å². The van der Waals surface area contributed by atoms with Crippen LogP contribution < -0.4 is 0 Å². The zero-order valence-electron chi connectivity index (χ0n) is 14.5. The van der Waals surface area contributed by atoms with Gasteiger partial charge < -0.3 is 9.64 Å². The van der Waals surface area contributed by atoms with Gasteiger partial charge in [-0.1, -0.05) is 11.6 Å². The van der Waals surface area contributed by atoms with Crippen molar-refractivity contribution in [2.45, 2.75) is 26.3 Å². The highest BCUT2D eigenvalue weighted by molar-refractivity contribution is 6.30. The maximum atomic E-state index is 12.5. The van der Waals surface area contributed by atoms with E-state index in [0.29, 0.717) is 30.5 Å². The lowest BCUT2D eigenvalue weighted by atomic mass is 9.98. The van der Waals surface area contributed by atoms with Crippen molar-refractivity contribution in [2.24, 2.45) is 5.92 Å². The Balaban J connectivity index is 1.61. The molecule has 1 fully saturated rings. The predicted molar refractivity (Wildman–Crippen MR) is 94.2 cm³/mol. The van der Waals surface area contributed by atoms with E-state index in [1.807, 2.05) is 0 Å². The lowest BCUT2D eigenvalue weighted by Gasteiger charge is -2.31. The Hall–Kier alpha value is -2.48. The van der Waals surface area contributed by atoms with Crippen LogP contribution in [-0.4, -0.2) is 56.7 Å². The normalized spacial score (nSPS) is 17.2. The highest BCUT2D eigenvalue weighted by Gasteiger charge is 2.29. The van der Waals surface area contributed by atoms with Crippen LogP contribution in [0.4, 0.5) is 0 Å². The first-order valence-electron chi connectivity index (χ1n) is 8.55. The Morgan fingerprint density at radius 2 is 2.08 bits per heavy atom. The van der Waals surface area contributed by atoms with Crippen LogP contribution >= 0.6 is 11.6 Å². The maximum absolute atomic E-state index is 12.5. The molecule has 0 radical (unpaired) electrons. The molecule has 0 saturated carbocycles. The molecule has 2 aromatic rings. The van der Waals surface area contributed by atoms with Gasteiger partial charge in [0.15, 0.2) is 0 Å². The monoisotopic (exact) mass is 377 g/mol. The fourth-order valence-electron chi connectivity index (χ4n) is 2.90. The van der Waals surface area contributed by atoms with Crippen LogP contribution in [0.2, 0.25) is 5.02 Å². The van der Waals surface area contributed by atoms with Gasteiger partial charge in [0.25, 0.3) is 0 Å². The van der Waals surface area contributed by atoms with Gasteiger partial charge in [0, 0.05) is 23.7 Å². The highest BCUT2D eigenvalue weighted by atomic mass is 35.5. The second-order valence-corrected chi connectivity index (χ2v) is 6.52. The predicted octanol–water partition coefficient (Wildman–Crippen LogP) is 1.80. The number of rotatable bonds is 5. The van der Waals surface area contributed by atoms with Crippen LogP contribution in [0.25, 0.3) is 11.4 Å². The Kier molecular flexibility index (Phi) is 5.82. The number of hydrogen-bond donors (Lipinski definition) is 0. The quantitative estimate of drug-likeness (QED) is 0.738. The number of tetrazole rings is 1. The van der Waals surface area contributed by atoms with E-state index in [1.165, 1.54) is 4.80 Å². The summed E-state index contributed by atoms with van der Waals surface area (Å²) < 4.78 is 5.06. The lowest BCUT2D eigenvalue weighted by molar-refractivity contribution is -0.151. The second kappa shape index (κ2) is 8.27. The summed E-state index contributed by atoms with van der Waals surface area (Å²) in [6.07, 6.45) is 1.51. The molecule has 1 saturated heterocycles. The van der Waals surface area contributed by atoms with Crippen LogP contribution in [0, 0.1) is 5.92 Å². The molecule has 1 aliphatic heterocycles. The number of ether oxygens (including phenoxy) is 1. The van der Waals surface area contributed by atoms with Gasteiger partial charge >= 0.3 is 5.97 Å². The molecule has 1 amide bonds. The molecule has 1 aromatic heterocycles. The Bertz CT molecular complexity index is 777. The summed E-state index contributed by atoms with van der Waals surface area (Å²) >= 11 is 5.87. The van der Waals surface area contributed by atoms with Crippen molar-refractivity contribution in [3.8, 4) is 11.4 Å². The number of piperidine rings is 1. The number of aromatic nitrogens is 4. The zero-order valence-corrected chi connectivity index (χ0v) is 15.2. The van der Waals surface area contributed by atoms with Crippen LogP contribution in [0.1, 0.15) is 19.8 Å². The number of likely N-dealkylation sites (tertiary alicyclic amines) is 1. The molecule has 8 nitrogen and oxygen atoms in total. The first kappa shape index (κ1) is 18.3. The lowest BCUT2D eigenvalue weighted by Crippen LogP contribution is -2.44. The average molecular weight is 378 g/mol. The first-order chi connectivity index (χ1) is 12.6. The van der Waals surface area contributed by atoms with Gasteiger partial charge in [-0.05, 0) is 49.2 Å². The molecular weight excluding hydrogens is 358 g/mol. The standard InChI is InChI=1S/C17H20ClN5O3/c1-2-26-17(25)13-4-3-9-22(10-13)15(24)11-23-20-16(19-21-23)12-5-7-14(18)8-6-12/h5-8,13H,2-4,9-11H2,1H3/t13-/m1/s1. The van der Waals surface area contributed by atoms with E-state index in [4.69, 9.17) is 16.3 Å². The number of benzene rings is 1. The summed E-state index contributed by atoms with van der Waals surface area (Å²) in [5, 5.41) is 12.8. The highest BCUT2D eigenvalue weighted by Crippen LogP contribution is 2.19. The van der Waals surface area contributed by atoms with Crippen molar-refractivity contribution in [3.05, 3.63) is 29.3 Å². The second-order valence-electron chi connectivity index (χ2n) is 6.08. The molecule has 1 atom stereocenters. The maximum Gasteiger partial charge on any atom is 0.310 e. The number of carbonyl (C=O) groups is 2. The number of carbonyl (C=O) groups excluding carboxylic acids is 2. The van der Waals surface area contributed by atoms with Crippen LogP contribution in [0.3, 0.4) is 0 Å². The Morgan fingerprint density at radius 1 is 1.31 bits per heavy atom. The summed E-state index contributed by atoms with van der Waals surface area (Å²) in [5.74, 6) is -0.216. The molecule has 0 aliphatic carbocycles. The topological polar surface area (TPSA) is 90.2 Å². The molecule has 9 heteroatoms. The summed E-state index contributed by atoms with van der Waals surface area (Å²) in [6.45, 7) is 3.10. The Labute approximate surface area is 156 Å². The van der Waals surface area contributed by atoms with Crippen LogP contribution in [0.15, 0.2) is 24.3 Å². The number of nitrogens with zero attached hydrogens (tertiary/aromatic N) is 5. The number of hydrogen-bond acceptors (Lipinski definition) is 6. The SMILES string of the molecule is CCOC(=O)[C@@H]1CCCN(C(=O)Cn2nnc(-c3ccc(Cl)cc3)n2)C1. The molecule has 1 aliphatic rings. The van der Waals surface area contributed by atoms with Gasteiger partial charge in [-0.15, -0.1) is 10.2 Å². The molecule has 26 heavy (non-hydrogen) atoms. The average Bonchev–Trinajstić information content (AvgIpc) is 3.11. The molecule has 1 aromatic carbocycles. The van der Waals surface area contributed by atoms with Crippen LogP contribution in [-0.2, 0) is 20.9 Å².